The zero-order chi connectivity index (χ0) is 20.0. The zero-order valence-corrected chi connectivity index (χ0v) is 17.2. The smallest absolute Gasteiger partial charge is 0.289 e. The molecule has 0 aromatic heterocycles. The van der Waals surface area contributed by atoms with Crippen LogP contribution in [-0.4, -0.2) is 43.4 Å². The summed E-state index contributed by atoms with van der Waals surface area (Å²) in [5, 5.41) is 11.5. The van der Waals surface area contributed by atoms with Crippen LogP contribution in [-0.2, 0) is 14.8 Å². The van der Waals surface area contributed by atoms with E-state index in [1.54, 1.807) is 20.9 Å². The normalized spacial score (nSPS) is 24.3. The first-order valence-corrected chi connectivity index (χ1v) is 10.9. The lowest BCUT2D eigenvalue weighted by molar-refractivity contribution is -0.387. The molecule has 2 fully saturated rings. The van der Waals surface area contributed by atoms with Crippen molar-refractivity contribution in [3.05, 3.63) is 33.4 Å². The Labute approximate surface area is 160 Å². The summed E-state index contributed by atoms with van der Waals surface area (Å²) in [6.45, 7) is 6.08. The third kappa shape index (κ3) is 3.17. The predicted molar refractivity (Wildman–Crippen MR) is 102 cm³/mol. The topological polar surface area (TPSA) is 89.8 Å². The molecule has 2 aliphatic carbocycles. The molecule has 0 bridgehead atoms. The molecule has 2 saturated carbocycles. The van der Waals surface area contributed by atoms with Crippen LogP contribution in [0.15, 0.2) is 17.0 Å². The summed E-state index contributed by atoms with van der Waals surface area (Å²) in [7, 11) is -2.42. The van der Waals surface area contributed by atoms with Crippen LogP contribution in [0.25, 0.3) is 0 Å². The van der Waals surface area contributed by atoms with Crippen molar-refractivity contribution < 1.29 is 18.1 Å². The quantitative estimate of drug-likeness (QED) is 0.542. The molecule has 8 heteroatoms. The van der Waals surface area contributed by atoms with Crippen molar-refractivity contribution >= 4 is 15.7 Å². The van der Waals surface area contributed by atoms with E-state index in [9.17, 15) is 18.5 Å². The van der Waals surface area contributed by atoms with Gasteiger partial charge in [0.1, 0.15) is 0 Å². The maximum absolute atomic E-state index is 13.3. The van der Waals surface area contributed by atoms with Gasteiger partial charge in [-0.3, -0.25) is 10.1 Å². The Bertz CT molecular complexity index is 846. The van der Waals surface area contributed by atoms with Crippen LogP contribution in [0, 0.1) is 29.4 Å². The Hall–Kier alpha value is -1.51. The molecule has 0 saturated heterocycles. The van der Waals surface area contributed by atoms with Crippen LogP contribution in [0.2, 0.25) is 0 Å². The van der Waals surface area contributed by atoms with Crippen molar-refractivity contribution in [2.75, 3.05) is 13.7 Å². The van der Waals surface area contributed by atoms with Crippen molar-refractivity contribution in [2.45, 2.75) is 69.9 Å². The van der Waals surface area contributed by atoms with Gasteiger partial charge in [-0.2, -0.15) is 4.31 Å². The Balaban J connectivity index is 1.99. The van der Waals surface area contributed by atoms with Gasteiger partial charge in [0.15, 0.2) is 4.90 Å². The predicted octanol–water partition coefficient (Wildman–Crippen LogP) is 3.57. The minimum atomic E-state index is -3.98. The Kier molecular flexibility index (Phi) is 5.35. The minimum absolute atomic E-state index is 0.0717. The summed E-state index contributed by atoms with van der Waals surface area (Å²) in [5.41, 5.74) is 0.914. The molecule has 1 aromatic carbocycles. The summed E-state index contributed by atoms with van der Waals surface area (Å²) in [6.07, 6.45) is 4.73. The van der Waals surface area contributed by atoms with Crippen molar-refractivity contribution in [2.24, 2.45) is 5.41 Å². The molecule has 27 heavy (non-hydrogen) atoms. The maximum Gasteiger partial charge on any atom is 0.289 e. The molecular formula is C19H28N2O5S. The summed E-state index contributed by atoms with van der Waals surface area (Å²) in [4.78, 5) is 10.7. The molecule has 1 aromatic rings. The van der Waals surface area contributed by atoms with Gasteiger partial charge in [0, 0.05) is 31.2 Å². The Morgan fingerprint density at radius 3 is 2.41 bits per heavy atom. The number of hydrogen-bond donors (Lipinski definition) is 0. The standard InChI is InChI=1S/C19H28N2O5S/c1-5-26-18-12-17(19(18)8-6-7-9-19)20(4)27(24,25)16-11-14(3)13(2)10-15(16)21(22)23/h10-11,17-18H,5-9,12H2,1-4H3/t17-,18+/m0/s1. The van der Waals surface area contributed by atoms with Crippen molar-refractivity contribution in [1.29, 1.82) is 0 Å². The highest BCUT2D eigenvalue weighted by Gasteiger charge is 2.60. The number of nitro benzene ring substituents is 1. The summed E-state index contributed by atoms with van der Waals surface area (Å²) < 4.78 is 33.9. The van der Waals surface area contributed by atoms with E-state index in [1.165, 1.54) is 16.4 Å². The van der Waals surface area contributed by atoms with Crippen LogP contribution in [0.4, 0.5) is 5.69 Å². The van der Waals surface area contributed by atoms with E-state index in [1.807, 2.05) is 6.92 Å². The monoisotopic (exact) mass is 396 g/mol. The summed E-state index contributed by atoms with van der Waals surface area (Å²) in [6, 6.07) is 2.60. The van der Waals surface area contributed by atoms with Crippen LogP contribution in [0.1, 0.15) is 50.2 Å². The van der Waals surface area contributed by atoms with Gasteiger partial charge >= 0.3 is 0 Å². The van der Waals surface area contributed by atoms with E-state index in [-0.39, 0.29) is 28.1 Å². The highest BCUT2D eigenvalue weighted by molar-refractivity contribution is 7.89. The third-order valence-electron chi connectivity index (χ3n) is 6.51. The molecule has 3 rings (SSSR count). The molecule has 0 heterocycles. The lowest BCUT2D eigenvalue weighted by Gasteiger charge is -2.56. The fourth-order valence-corrected chi connectivity index (χ4v) is 6.47. The van der Waals surface area contributed by atoms with Gasteiger partial charge in [-0.05, 0) is 57.2 Å². The molecule has 0 N–H and O–H groups in total. The van der Waals surface area contributed by atoms with Crippen LogP contribution >= 0.6 is 0 Å². The minimum Gasteiger partial charge on any atom is -0.378 e. The Morgan fingerprint density at radius 1 is 1.26 bits per heavy atom. The Morgan fingerprint density at radius 2 is 1.85 bits per heavy atom. The number of nitrogens with zero attached hydrogens (tertiary/aromatic N) is 2. The van der Waals surface area contributed by atoms with E-state index in [2.05, 4.69) is 0 Å². The zero-order valence-electron chi connectivity index (χ0n) is 16.4. The summed E-state index contributed by atoms with van der Waals surface area (Å²) >= 11 is 0. The van der Waals surface area contributed by atoms with E-state index < -0.39 is 14.9 Å². The highest BCUT2D eigenvalue weighted by Crippen LogP contribution is 2.57. The first-order chi connectivity index (χ1) is 12.6. The van der Waals surface area contributed by atoms with Crippen LogP contribution in [0.3, 0.4) is 0 Å². The molecule has 0 unspecified atom stereocenters. The molecule has 2 atom stereocenters. The van der Waals surface area contributed by atoms with Crippen molar-refractivity contribution in [1.82, 2.24) is 4.31 Å². The fourth-order valence-electron chi connectivity index (χ4n) is 4.81. The molecule has 2 aliphatic rings. The number of hydrogen-bond acceptors (Lipinski definition) is 5. The lowest BCUT2D eigenvalue weighted by atomic mass is 9.60. The van der Waals surface area contributed by atoms with Crippen LogP contribution < -0.4 is 0 Å². The molecule has 150 valence electrons. The number of rotatable bonds is 6. The van der Waals surface area contributed by atoms with Gasteiger partial charge in [0.05, 0.1) is 11.0 Å². The van der Waals surface area contributed by atoms with Gasteiger partial charge in [-0.15, -0.1) is 0 Å². The van der Waals surface area contributed by atoms with Gasteiger partial charge in [0.25, 0.3) is 5.69 Å². The van der Waals surface area contributed by atoms with Gasteiger partial charge in [0.2, 0.25) is 10.0 Å². The molecule has 7 nitrogen and oxygen atoms in total. The molecule has 0 aliphatic heterocycles. The maximum atomic E-state index is 13.3. The lowest BCUT2D eigenvalue weighted by Crippen LogP contribution is -2.63. The number of nitro groups is 1. The fraction of sp³-hybridized carbons (Fsp3) is 0.684. The second-order valence-corrected chi connectivity index (χ2v) is 9.78. The number of ether oxygens (including phenoxy) is 1. The summed E-state index contributed by atoms with van der Waals surface area (Å²) in [5.74, 6) is 0. The van der Waals surface area contributed by atoms with E-state index in [0.717, 1.165) is 31.2 Å². The second kappa shape index (κ2) is 7.14. The third-order valence-corrected chi connectivity index (χ3v) is 8.41. The number of sulfonamides is 1. The first-order valence-electron chi connectivity index (χ1n) is 9.50. The average Bonchev–Trinajstić information content (AvgIpc) is 3.12. The van der Waals surface area contributed by atoms with E-state index in [4.69, 9.17) is 4.74 Å². The molecule has 0 radical (unpaired) electrons. The highest BCUT2D eigenvalue weighted by atomic mass is 32.2. The molecular weight excluding hydrogens is 368 g/mol. The van der Waals surface area contributed by atoms with E-state index >= 15 is 0 Å². The van der Waals surface area contributed by atoms with Crippen molar-refractivity contribution in [3.63, 3.8) is 0 Å². The average molecular weight is 397 g/mol. The second-order valence-electron chi connectivity index (χ2n) is 7.82. The van der Waals surface area contributed by atoms with Crippen LogP contribution in [0.5, 0.6) is 0 Å². The van der Waals surface area contributed by atoms with Crippen molar-refractivity contribution in [3.8, 4) is 0 Å². The van der Waals surface area contributed by atoms with Gasteiger partial charge < -0.3 is 4.74 Å². The SMILES string of the molecule is CCO[C@@H]1C[C@H](N(C)S(=O)(=O)c2cc(C)c(C)cc2[N+](=O)[O-])C12CCCC2. The number of aryl methyl sites for hydroxylation is 2. The molecule has 0 amide bonds. The molecule has 1 spiro atoms. The first kappa shape index (κ1) is 20.2. The van der Waals surface area contributed by atoms with Gasteiger partial charge in [-0.25, -0.2) is 8.42 Å². The van der Waals surface area contributed by atoms with Gasteiger partial charge in [-0.1, -0.05) is 12.8 Å². The number of benzene rings is 1. The van der Waals surface area contributed by atoms with E-state index in [0.29, 0.717) is 18.6 Å². The largest absolute Gasteiger partial charge is 0.378 e.